The van der Waals surface area contributed by atoms with Gasteiger partial charge in [0.05, 0.1) is 5.25 Å². The molecule has 4 nitrogen and oxygen atoms in total. The van der Waals surface area contributed by atoms with E-state index in [2.05, 4.69) is 23.9 Å². The molecule has 2 N–H and O–H groups in total. The molecule has 0 saturated heterocycles. The zero-order chi connectivity index (χ0) is 12.8. The van der Waals surface area contributed by atoms with Crippen LogP contribution < -0.4 is 10.0 Å². The first-order chi connectivity index (χ1) is 7.38. The molecule has 0 rings (SSSR count). The molecule has 16 heavy (non-hydrogen) atoms. The topological polar surface area (TPSA) is 58.2 Å². The average Bonchev–Trinajstić information content (AvgIpc) is 2.19. The average molecular weight is 250 g/mol. The van der Waals surface area contributed by atoms with E-state index >= 15 is 0 Å². The summed E-state index contributed by atoms with van der Waals surface area (Å²) in [5.74, 6) is 0.413. The van der Waals surface area contributed by atoms with Gasteiger partial charge in [0.15, 0.2) is 0 Å². The summed E-state index contributed by atoms with van der Waals surface area (Å²) in [5.41, 5.74) is 0. The Bertz CT molecular complexity index is 274. The molecule has 0 bridgehead atoms. The first-order valence-electron chi connectivity index (χ1n) is 6.04. The van der Waals surface area contributed by atoms with Crippen LogP contribution in [0.1, 0.15) is 40.5 Å². The standard InChI is InChI=1S/C11H26N2O2S/c1-6-11(7-2)10(4)13-16(14,15)9(3)8-12-5/h9-13H,6-8H2,1-5H3. The van der Waals surface area contributed by atoms with E-state index in [-0.39, 0.29) is 6.04 Å². The molecule has 98 valence electrons. The Kier molecular flexibility index (Phi) is 7.19. The molecule has 0 aliphatic rings. The summed E-state index contributed by atoms with van der Waals surface area (Å²) in [6, 6.07) is 0.0132. The SMILES string of the molecule is CCC(CC)C(C)NS(=O)(=O)C(C)CNC. The smallest absolute Gasteiger partial charge is 0.215 e. The first-order valence-corrected chi connectivity index (χ1v) is 7.59. The lowest BCUT2D eigenvalue weighted by Gasteiger charge is -2.24. The molecule has 0 aliphatic carbocycles. The third-order valence-electron chi connectivity index (χ3n) is 3.13. The van der Waals surface area contributed by atoms with Crippen LogP contribution in [0.3, 0.4) is 0 Å². The van der Waals surface area contributed by atoms with Gasteiger partial charge in [-0.2, -0.15) is 0 Å². The van der Waals surface area contributed by atoms with E-state index in [9.17, 15) is 8.42 Å². The van der Waals surface area contributed by atoms with E-state index < -0.39 is 15.3 Å². The highest BCUT2D eigenvalue weighted by Gasteiger charge is 2.24. The fraction of sp³-hybridized carbons (Fsp3) is 1.00. The number of hydrogen-bond donors (Lipinski definition) is 2. The third kappa shape index (κ3) is 4.80. The number of nitrogens with one attached hydrogen (secondary N) is 2. The first kappa shape index (κ1) is 15.9. The highest BCUT2D eigenvalue weighted by Crippen LogP contribution is 2.14. The molecule has 0 saturated carbocycles. The van der Waals surface area contributed by atoms with Crippen molar-refractivity contribution < 1.29 is 8.42 Å². The van der Waals surface area contributed by atoms with Gasteiger partial charge in [0, 0.05) is 12.6 Å². The Morgan fingerprint density at radius 2 is 1.62 bits per heavy atom. The minimum atomic E-state index is -3.20. The minimum absolute atomic E-state index is 0.0132. The summed E-state index contributed by atoms with van der Waals surface area (Å²) in [6.45, 7) is 8.33. The number of hydrogen-bond acceptors (Lipinski definition) is 3. The lowest BCUT2D eigenvalue weighted by molar-refractivity contribution is 0.389. The second-order valence-corrected chi connectivity index (χ2v) is 6.53. The van der Waals surface area contributed by atoms with Crippen molar-refractivity contribution in [2.24, 2.45) is 5.92 Å². The van der Waals surface area contributed by atoms with Gasteiger partial charge < -0.3 is 5.32 Å². The van der Waals surface area contributed by atoms with Crippen molar-refractivity contribution in [3.8, 4) is 0 Å². The molecule has 2 unspecified atom stereocenters. The lowest BCUT2D eigenvalue weighted by Crippen LogP contribution is -2.44. The van der Waals surface area contributed by atoms with Crippen LogP contribution in [-0.4, -0.2) is 33.3 Å². The van der Waals surface area contributed by atoms with Crippen molar-refractivity contribution in [3.05, 3.63) is 0 Å². The second-order valence-electron chi connectivity index (χ2n) is 4.40. The van der Waals surface area contributed by atoms with Crippen molar-refractivity contribution in [1.29, 1.82) is 0 Å². The van der Waals surface area contributed by atoms with Gasteiger partial charge in [-0.3, -0.25) is 0 Å². The van der Waals surface area contributed by atoms with Crippen LogP contribution >= 0.6 is 0 Å². The maximum absolute atomic E-state index is 11.9. The highest BCUT2D eigenvalue weighted by atomic mass is 32.2. The Hall–Kier alpha value is -0.130. The zero-order valence-electron chi connectivity index (χ0n) is 11.1. The predicted molar refractivity (Wildman–Crippen MR) is 69.0 cm³/mol. The van der Waals surface area contributed by atoms with Crippen LogP contribution in [0.15, 0.2) is 0 Å². The molecule has 0 spiro atoms. The van der Waals surface area contributed by atoms with Crippen molar-refractivity contribution in [3.63, 3.8) is 0 Å². The molecular formula is C11H26N2O2S. The van der Waals surface area contributed by atoms with Crippen LogP contribution in [0.5, 0.6) is 0 Å². The Labute approximate surface area is 100 Å². The van der Waals surface area contributed by atoms with Gasteiger partial charge in [-0.15, -0.1) is 0 Å². The number of sulfonamides is 1. The molecule has 0 radical (unpaired) electrons. The van der Waals surface area contributed by atoms with Gasteiger partial charge >= 0.3 is 0 Å². The summed E-state index contributed by atoms with van der Waals surface area (Å²) >= 11 is 0. The fourth-order valence-electron chi connectivity index (χ4n) is 1.86. The molecule has 0 fully saturated rings. The van der Waals surface area contributed by atoms with Gasteiger partial charge in [0.2, 0.25) is 10.0 Å². The molecule has 0 aromatic rings. The zero-order valence-corrected chi connectivity index (χ0v) is 11.9. The summed E-state index contributed by atoms with van der Waals surface area (Å²) in [4.78, 5) is 0. The van der Waals surface area contributed by atoms with Crippen molar-refractivity contribution >= 4 is 10.0 Å². The van der Waals surface area contributed by atoms with Crippen LogP contribution in [0, 0.1) is 5.92 Å². The van der Waals surface area contributed by atoms with Crippen molar-refractivity contribution in [2.75, 3.05) is 13.6 Å². The summed E-state index contributed by atoms with van der Waals surface area (Å²) in [7, 11) is -1.44. The van der Waals surface area contributed by atoms with Crippen LogP contribution in [-0.2, 0) is 10.0 Å². The minimum Gasteiger partial charge on any atom is -0.318 e. The van der Waals surface area contributed by atoms with E-state index in [1.165, 1.54) is 0 Å². The highest BCUT2D eigenvalue weighted by molar-refractivity contribution is 7.90. The normalized spacial score (nSPS) is 16.4. The lowest BCUT2D eigenvalue weighted by atomic mass is 9.96. The molecule has 0 amide bonds. The van der Waals surface area contributed by atoms with E-state index in [0.29, 0.717) is 12.5 Å². The summed E-state index contributed by atoms with van der Waals surface area (Å²) < 4.78 is 26.6. The Morgan fingerprint density at radius 3 is 2.00 bits per heavy atom. The van der Waals surface area contributed by atoms with Crippen LogP contribution in [0.2, 0.25) is 0 Å². The third-order valence-corrected chi connectivity index (χ3v) is 5.05. The predicted octanol–water partition coefficient (Wildman–Crippen LogP) is 1.34. The molecule has 2 atom stereocenters. The van der Waals surface area contributed by atoms with Gasteiger partial charge in [0.25, 0.3) is 0 Å². The van der Waals surface area contributed by atoms with E-state index in [1.54, 1.807) is 14.0 Å². The van der Waals surface area contributed by atoms with Gasteiger partial charge in [0.1, 0.15) is 0 Å². The van der Waals surface area contributed by atoms with E-state index in [1.807, 2.05) is 6.92 Å². The Morgan fingerprint density at radius 1 is 1.12 bits per heavy atom. The van der Waals surface area contributed by atoms with Gasteiger partial charge in [-0.05, 0) is 26.8 Å². The largest absolute Gasteiger partial charge is 0.318 e. The van der Waals surface area contributed by atoms with Crippen molar-refractivity contribution in [1.82, 2.24) is 10.0 Å². The summed E-state index contributed by atoms with van der Waals surface area (Å²) in [6.07, 6.45) is 2.00. The second kappa shape index (κ2) is 7.25. The molecule has 5 heteroatoms. The molecule has 0 heterocycles. The van der Waals surface area contributed by atoms with E-state index in [4.69, 9.17) is 0 Å². The quantitative estimate of drug-likeness (QED) is 0.683. The molecule has 0 aromatic heterocycles. The van der Waals surface area contributed by atoms with Gasteiger partial charge in [-0.25, -0.2) is 13.1 Å². The maximum atomic E-state index is 11.9. The molecular weight excluding hydrogens is 224 g/mol. The van der Waals surface area contributed by atoms with Gasteiger partial charge in [-0.1, -0.05) is 26.7 Å². The molecule has 0 aromatic carbocycles. The summed E-state index contributed by atoms with van der Waals surface area (Å²) in [5, 5.41) is 2.49. The van der Waals surface area contributed by atoms with Crippen LogP contribution in [0.4, 0.5) is 0 Å². The number of rotatable bonds is 8. The monoisotopic (exact) mass is 250 g/mol. The van der Waals surface area contributed by atoms with Crippen LogP contribution in [0.25, 0.3) is 0 Å². The fourth-order valence-corrected chi connectivity index (χ4v) is 3.19. The van der Waals surface area contributed by atoms with E-state index in [0.717, 1.165) is 12.8 Å². The maximum Gasteiger partial charge on any atom is 0.215 e. The molecule has 0 aliphatic heterocycles. The van der Waals surface area contributed by atoms with Crippen molar-refractivity contribution in [2.45, 2.75) is 51.8 Å². The Balaban J connectivity index is 4.46.